The molecule has 6 heteroatoms. The summed E-state index contributed by atoms with van der Waals surface area (Å²) in [6.45, 7) is 5.05. The van der Waals surface area contributed by atoms with E-state index in [-0.39, 0.29) is 16.0 Å². The first-order valence-electron chi connectivity index (χ1n) is 5.72. The third-order valence-corrected chi connectivity index (χ3v) is 3.51. The van der Waals surface area contributed by atoms with Gasteiger partial charge in [-0.3, -0.25) is 4.79 Å². The second-order valence-corrected chi connectivity index (χ2v) is 5.64. The standard InChI is InChI=1S/C13H17Cl2NO3/c1-7(17)13(2,3)16-12(18)8-5-9(14)11(19-4)10(15)6-8/h5-7,17H,1-4H3,(H,16,18). The smallest absolute Gasteiger partial charge is 0.251 e. The van der Waals surface area contributed by atoms with E-state index in [0.717, 1.165) is 0 Å². The lowest BCUT2D eigenvalue weighted by Gasteiger charge is -2.29. The van der Waals surface area contributed by atoms with Gasteiger partial charge >= 0.3 is 0 Å². The van der Waals surface area contributed by atoms with Crippen molar-refractivity contribution in [2.45, 2.75) is 32.4 Å². The molecular formula is C13H17Cl2NO3. The molecule has 1 unspecified atom stereocenters. The molecule has 0 aromatic heterocycles. The van der Waals surface area contributed by atoms with Crippen LogP contribution < -0.4 is 10.1 Å². The predicted molar refractivity (Wildman–Crippen MR) is 76.2 cm³/mol. The van der Waals surface area contributed by atoms with Gasteiger partial charge in [-0.1, -0.05) is 23.2 Å². The molecule has 0 fully saturated rings. The van der Waals surface area contributed by atoms with Crippen LogP contribution in [0.4, 0.5) is 0 Å². The molecule has 0 bridgehead atoms. The zero-order valence-corrected chi connectivity index (χ0v) is 12.8. The zero-order chi connectivity index (χ0) is 14.8. The van der Waals surface area contributed by atoms with Crippen molar-refractivity contribution in [3.05, 3.63) is 27.7 Å². The highest BCUT2D eigenvalue weighted by Gasteiger charge is 2.27. The van der Waals surface area contributed by atoms with Gasteiger partial charge in [0.1, 0.15) is 0 Å². The van der Waals surface area contributed by atoms with Crippen molar-refractivity contribution >= 4 is 29.1 Å². The number of amides is 1. The molecule has 0 saturated carbocycles. The van der Waals surface area contributed by atoms with Gasteiger partial charge in [-0.05, 0) is 32.9 Å². The lowest BCUT2D eigenvalue weighted by Crippen LogP contribution is -2.50. The molecule has 2 N–H and O–H groups in total. The van der Waals surface area contributed by atoms with Crippen molar-refractivity contribution in [1.82, 2.24) is 5.32 Å². The Hall–Kier alpha value is -0.970. The fraction of sp³-hybridized carbons (Fsp3) is 0.462. The van der Waals surface area contributed by atoms with E-state index in [0.29, 0.717) is 11.3 Å². The van der Waals surface area contributed by atoms with Crippen molar-refractivity contribution in [3.8, 4) is 5.75 Å². The number of hydrogen-bond acceptors (Lipinski definition) is 3. The highest BCUT2D eigenvalue weighted by atomic mass is 35.5. The fourth-order valence-electron chi connectivity index (χ4n) is 1.36. The lowest BCUT2D eigenvalue weighted by molar-refractivity contribution is 0.0709. The van der Waals surface area contributed by atoms with Crippen molar-refractivity contribution in [2.75, 3.05) is 7.11 Å². The van der Waals surface area contributed by atoms with Crippen molar-refractivity contribution in [2.24, 2.45) is 0 Å². The molecule has 0 aliphatic heterocycles. The first-order chi connectivity index (χ1) is 8.69. The number of aliphatic hydroxyl groups excluding tert-OH is 1. The lowest BCUT2D eigenvalue weighted by atomic mass is 9.98. The number of ether oxygens (including phenoxy) is 1. The maximum Gasteiger partial charge on any atom is 0.251 e. The Kier molecular flexibility index (Phi) is 5.07. The summed E-state index contributed by atoms with van der Waals surface area (Å²) in [7, 11) is 1.45. The summed E-state index contributed by atoms with van der Waals surface area (Å²) in [5.74, 6) is -0.0352. The Labute approximate surface area is 122 Å². The number of aliphatic hydroxyl groups is 1. The Morgan fingerprint density at radius 3 is 2.21 bits per heavy atom. The average molecular weight is 306 g/mol. The van der Waals surface area contributed by atoms with Crippen molar-refractivity contribution in [3.63, 3.8) is 0 Å². The first-order valence-corrected chi connectivity index (χ1v) is 6.48. The van der Waals surface area contributed by atoms with E-state index in [1.807, 2.05) is 0 Å². The van der Waals surface area contributed by atoms with Gasteiger partial charge < -0.3 is 15.2 Å². The minimum Gasteiger partial charge on any atom is -0.494 e. The van der Waals surface area contributed by atoms with Crippen LogP contribution in [0.1, 0.15) is 31.1 Å². The molecule has 1 amide bonds. The third-order valence-electron chi connectivity index (χ3n) is 2.94. The Bertz CT molecular complexity index is 464. The highest BCUT2D eigenvalue weighted by Crippen LogP contribution is 2.33. The van der Waals surface area contributed by atoms with Crippen LogP contribution in [0.3, 0.4) is 0 Å². The molecule has 19 heavy (non-hydrogen) atoms. The number of methoxy groups -OCH3 is 1. The quantitative estimate of drug-likeness (QED) is 0.899. The fourth-order valence-corrected chi connectivity index (χ4v) is 2.00. The van der Waals surface area contributed by atoms with E-state index in [1.165, 1.54) is 19.2 Å². The monoisotopic (exact) mass is 305 g/mol. The number of carbonyl (C=O) groups excluding carboxylic acids is 1. The van der Waals surface area contributed by atoms with Crippen LogP contribution in [0.5, 0.6) is 5.75 Å². The summed E-state index contributed by atoms with van der Waals surface area (Å²) in [5.41, 5.74) is -0.444. The van der Waals surface area contributed by atoms with Gasteiger partial charge in [0.05, 0.1) is 28.8 Å². The summed E-state index contributed by atoms with van der Waals surface area (Å²) in [5, 5.41) is 12.8. The Balaban J connectivity index is 3.02. The molecular weight excluding hydrogens is 289 g/mol. The van der Waals surface area contributed by atoms with Crippen LogP contribution in [0.2, 0.25) is 10.0 Å². The van der Waals surface area contributed by atoms with Gasteiger partial charge in [-0.15, -0.1) is 0 Å². The Morgan fingerprint density at radius 1 is 1.37 bits per heavy atom. The topological polar surface area (TPSA) is 58.6 Å². The van der Waals surface area contributed by atoms with Crippen LogP contribution in [0.25, 0.3) is 0 Å². The SMILES string of the molecule is COc1c(Cl)cc(C(=O)NC(C)(C)C(C)O)cc1Cl. The van der Waals surface area contributed by atoms with Crippen LogP contribution in [-0.2, 0) is 0 Å². The van der Waals surface area contributed by atoms with Gasteiger partial charge in [0.25, 0.3) is 5.91 Å². The third kappa shape index (κ3) is 3.75. The maximum atomic E-state index is 12.1. The molecule has 0 saturated heterocycles. The highest BCUT2D eigenvalue weighted by molar-refractivity contribution is 6.37. The minimum absolute atomic E-state index is 0.259. The second-order valence-electron chi connectivity index (χ2n) is 4.82. The molecule has 1 aromatic carbocycles. The van der Waals surface area contributed by atoms with Gasteiger partial charge in [0.15, 0.2) is 5.75 Å². The molecule has 1 atom stereocenters. The second kappa shape index (κ2) is 5.99. The zero-order valence-electron chi connectivity index (χ0n) is 11.3. The molecule has 106 valence electrons. The minimum atomic E-state index is -0.754. The van der Waals surface area contributed by atoms with Gasteiger partial charge in [-0.25, -0.2) is 0 Å². The predicted octanol–water partition coefficient (Wildman–Crippen LogP) is 2.89. The number of halogens is 2. The molecule has 0 aliphatic rings. The summed E-state index contributed by atoms with van der Waals surface area (Å²) in [6, 6.07) is 2.94. The van der Waals surface area contributed by atoms with E-state index < -0.39 is 11.6 Å². The number of carbonyl (C=O) groups is 1. The number of benzene rings is 1. The van der Waals surface area contributed by atoms with E-state index in [2.05, 4.69) is 5.32 Å². The van der Waals surface area contributed by atoms with E-state index >= 15 is 0 Å². The van der Waals surface area contributed by atoms with Crippen LogP contribution in [0, 0.1) is 0 Å². The molecule has 0 radical (unpaired) electrons. The van der Waals surface area contributed by atoms with Crippen LogP contribution in [-0.4, -0.2) is 29.8 Å². The normalized spacial score (nSPS) is 13.0. The largest absolute Gasteiger partial charge is 0.494 e. The summed E-state index contributed by atoms with van der Waals surface area (Å²) in [6.07, 6.45) is -0.694. The molecule has 0 heterocycles. The summed E-state index contributed by atoms with van der Waals surface area (Å²) >= 11 is 11.9. The molecule has 4 nitrogen and oxygen atoms in total. The number of nitrogens with one attached hydrogen (secondary N) is 1. The van der Waals surface area contributed by atoms with E-state index in [4.69, 9.17) is 27.9 Å². The molecule has 0 aliphatic carbocycles. The van der Waals surface area contributed by atoms with Crippen LogP contribution in [0.15, 0.2) is 12.1 Å². The van der Waals surface area contributed by atoms with Gasteiger partial charge in [0, 0.05) is 5.56 Å². The van der Waals surface area contributed by atoms with E-state index in [9.17, 15) is 9.90 Å². The Morgan fingerprint density at radius 2 is 1.84 bits per heavy atom. The maximum absolute atomic E-state index is 12.1. The molecule has 1 rings (SSSR count). The first kappa shape index (κ1) is 16.1. The van der Waals surface area contributed by atoms with Crippen molar-refractivity contribution < 1.29 is 14.6 Å². The molecule has 0 spiro atoms. The van der Waals surface area contributed by atoms with Gasteiger partial charge in [0.2, 0.25) is 0 Å². The summed E-state index contributed by atoms with van der Waals surface area (Å²) < 4.78 is 5.01. The van der Waals surface area contributed by atoms with Gasteiger partial charge in [-0.2, -0.15) is 0 Å². The number of rotatable bonds is 4. The summed E-state index contributed by atoms with van der Waals surface area (Å²) in [4.78, 5) is 12.1. The van der Waals surface area contributed by atoms with Crippen molar-refractivity contribution in [1.29, 1.82) is 0 Å². The molecule has 1 aromatic rings. The average Bonchev–Trinajstić information content (AvgIpc) is 2.27. The van der Waals surface area contributed by atoms with Crippen LogP contribution >= 0.6 is 23.2 Å². The number of hydrogen-bond donors (Lipinski definition) is 2. The van der Waals surface area contributed by atoms with E-state index in [1.54, 1.807) is 20.8 Å².